The van der Waals surface area contributed by atoms with Crippen LogP contribution in [-0.4, -0.2) is 15.1 Å². The number of furan rings is 1. The predicted octanol–water partition coefficient (Wildman–Crippen LogP) is 4.14. The zero-order chi connectivity index (χ0) is 15.5. The van der Waals surface area contributed by atoms with Crippen molar-refractivity contribution in [1.29, 1.82) is 0 Å². The van der Waals surface area contributed by atoms with Crippen LogP contribution >= 0.6 is 0 Å². The van der Waals surface area contributed by atoms with Gasteiger partial charge in [-0.3, -0.25) is 4.98 Å². The van der Waals surface area contributed by atoms with Crippen LogP contribution in [0.5, 0.6) is 0 Å². The molecule has 4 rings (SSSR count). The highest BCUT2D eigenvalue weighted by Crippen LogP contribution is 2.28. The van der Waals surface area contributed by atoms with E-state index in [9.17, 15) is 0 Å². The molecule has 0 fully saturated rings. The van der Waals surface area contributed by atoms with Gasteiger partial charge in [0.1, 0.15) is 5.76 Å². The van der Waals surface area contributed by atoms with E-state index in [0.29, 0.717) is 17.6 Å². The molecule has 0 unspecified atom stereocenters. The number of benzene rings is 1. The van der Waals surface area contributed by atoms with Crippen molar-refractivity contribution in [2.75, 3.05) is 5.32 Å². The molecule has 0 radical (unpaired) electrons. The predicted molar refractivity (Wildman–Crippen MR) is 85.0 cm³/mol. The Balaban J connectivity index is 1.56. The molecule has 4 aromatic rings. The minimum atomic E-state index is 0.323. The number of hydrogen-bond donors (Lipinski definition) is 1. The molecule has 3 heterocycles. The number of nitrogens with zero attached hydrogens (tertiary/aromatic N) is 3. The molecule has 0 spiro atoms. The van der Waals surface area contributed by atoms with Crippen molar-refractivity contribution in [2.24, 2.45) is 0 Å². The first-order chi connectivity index (χ1) is 11.4. The number of nitrogens with one attached hydrogen (secondary N) is 1. The van der Waals surface area contributed by atoms with Gasteiger partial charge in [-0.25, -0.2) is 0 Å². The quantitative estimate of drug-likeness (QED) is 0.610. The van der Waals surface area contributed by atoms with Gasteiger partial charge < -0.3 is 14.3 Å². The standard InChI is InChI=1S/C17H12N4O2/c1-2-4-13(5-3-1)19-17-20-16(23-21-17)15-7-6-14(22-15)12-8-10-18-11-9-12/h1-11H,(H,19,21). The highest BCUT2D eigenvalue weighted by Gasteiger charge is 2.14. The van der Waals surface area contributed by atoms with E-state index in [2.05, 4.69) is 20.4 Å². The molecular weight excluding hydrogens is 292 g/mol. The third-order valence-electron chi connectivity index (χ3n) is 3.24. The molecule has 0 amide bonds. The molecule has 0 aliphatic heterocycles. The zero-order valence-corrected chi connectivity index (χ0v) is 12.0. The highest BCUT2D eigenvalue weighted by molar-refractivity contribution is 5.61. The Morgan fingerprint density at radius 1 is 0.826 bits per heavy atom. The third-order valence-corrected chi connectivity index (χ3v) is 3.24. The van der Waals surface area contributed by atoms with Crippen molar-refractivity contribution in [3.05, 3.63) is 67.0 Å². The van der Waals surface area contributed by atoms with Crippen LogP contribution in [0.3, 0.4) is 0 Å². The molecular formula is C17H12N4O2. The summed E-state index contributed by atoms with van der Waals surface area (Å²) in [4.78, 5) is 8.28. The molecule has 0 aliphatic rings. The highest BCUT2D eigenvalue weighted by atomic mass is 16.5. The Morgan fingerprint density at radius 3 is 2.43 bits per heavy atom. The van der Waals surface area contributed by atoms with E-state index < -0.39 is 0 Å². The minimum Gasteiger partial charge on any atom is -0.451 e. The van der Waals surface area contributed by atoms with Crippen LogP contribution in [0, 0.1) is 0 Å². The van der Waals surface area contributed by atoms with Gasteiger partial charge >= 0.3 is 0 Å². The van der Waals surface area contributed by atoms with Gasteiger partial charge in [-0.15, -0.1) is 0 Å². The molecule has 1 aromatic carbocycles. The lowest BCUT2D eigenvalue weighted by Crippen LogP contribution is -1.91. The van der Waals surface area contributed by atoms with Crippen molar-refractivity contribution in [3.8, 4) is 23.0 Å². The van der Waals surface area contributed by atoms with Crippen molar-refractivity contribution in [2.45, 2.75) is 0 Å². The molecule has 0 saturated heterocycles. The first kappa shape index (κ1) is 13.3. The third kappa shape index (κ3) is 2.82. The van der Waals surface area contributed by atoms with Crippen LogP contribution < -0.4 is 5.32 Å². The SMILES string of the molecule is c1ccc(Nc2noc(-c3ccc(-c4ccncc4)o3)n2)cc1. The maximum Gasteiger partial charge on any atom is 0.295 e. The molecule has 0 saturated carbocycles. The zero-order valence-electron chi connectivity index (χ0n) is 12.0. The maximum absolute atomic E-state index is 5.77. The molecule has 0 atom stereocenters. The first-order valence-electron chi connectivity index (χ1n) is 7.05. The molecule has 23 heavy (non-hydrogen) atoms. The largest absolute Gasteiger partial charge is 0.451 e. The normalized spacial score (nSPS) is 10.6. The number of para-hydroxylation sites is 1. The van der Waals surface area contributed by atoms with E-state index >= 15 is 0 Å². The van der Waals surface area contributed by atoms with Crippen molar-refractivity contribution in [3.63, 3.8) is 0 Å². The van der Waals surface area contributed by atoms with E-state index in [1.165, 1.54) is 0 Å². The van der Waals surface area contributed by atoms with Crippen LogP contribution in [0.4, 0.5) is 11.6 Å². The second-order valence-electron chi connectivity index (χ2n) is 4.81. The number of anilines is 2. The number of rotatable bonds is 4. The lowest BCUT2D eigenvalue weighted by Gasteiger charge is -1.98. The van der Waals surface area contributed by atoms with Gasteiger partial charge in [-0.2, -0.15) is 4.98 Å². The Kier molecular flexibility index (Phi) is 3.32. The van der Waals surface area contributed by atoms with Crippen LogP contribution in [0.1, 0.15) is 0 Å². The topological polar surface area (TPSA) is 77.0 Å². The summed E-state index contributed by atoms with van der Waals surface area (Å²) in [6.07, 6.45) is 3.43. The molecule has 112 valence electrons. The monoisotopic (exact) mass is 304 g/mol. The molecule has 0 aliphatic carbocycles. The van der Waals surface area contributed by atoms with Crippen molar-refractivity contribution >= 4 is 11.6 Å². The van der Waals surface area contributed by atoms with Gasteiger partial charge in [0.2, 0.25) is 0 Å². The number of hydrogen-bond acceptors (Lipinski definition) is 6. The van der Waals surface area contributed by atoms with E-state index in [0.717, 1.165) is 17.0 Å². The smallest absolute Gasteiger partial charge is 0.295 e. The summed E-state index contributed by atoms with van der Waals surface area (Å²) in [5.74, 6) is 1.94. The summed E-state index contributed by atoms with van der Waals surface area (Å²) in [6.45, 7) is 0. The van der Waals surface area contributed by atoms with Crippen LogP contribution in [-0.2, 0) is 0 Å². The first-order valence-corrected chi connectivity index (χ1v) is 7.05. The van der Waals surface area contributed by atoms with Gasteiger partial charge in [0.05, 0.1) is 0 Å². The average Bonchev–Trinajstić information content (AvgIpc) is 3.26. The fraction of sp³-hybridized carbons (Fsp3) is 0. The van der Waals surface area contributed by atoms with Gasteiger partial charge in [-0.05, 0) is 41.6 Å². The lowest BCUT2D eigenvalue weighted by molar-refractivity contribution is 0.418. The van der Waals surface area contributed by atoms with Crippen LogP contribution in [0.2, 0.25) is 0 Å². The van der Waals surface area contributed by atoms with Crippen LogP contribution in [0.25, 0.3) is 23.0 Å². The molecule has 6 heteroatoms. The van der Waals surface area contributed by atoms with Gasteiger partial charge in [-0.1, -0.05) is 18.2 Å². The van der Waals surface area contributed by atoms with E-state index in [1.54, 1.807) is 18.5 Å². The summed E-state index contributed by atoms with van der Waals surface area (Å²) >= 11 is 0. The fourth-order valence-corrected chi connectivity index (χ4v) is 2.15. The summed E-state index contributed by atoms with van der Waals surface area (Å²) in [7, 11) is 0. The van der Waals surface area contributed by atoms with Crippen LogP contribution in [0.15, 0.2) is 75.9 Å². The second-order valence-corrected chi connectivity index (χ2v) is 4.81. The summed E-state index contributed by atoms with van der Waals surface area (Å²) in [5, 5.41) is 6.97. The van der Waals surface area contributed by atoms with E-state index in [1.807, 2.05) is 48.5 Å². The molecule has 1 N–H and O–H groups in total. The second kappa shape index (κ2) is 5.76. The van der Waals surface area contributed by atoms with E-state index in [-0.39, 0.29) is 0 Å². The molecule has 6 nitrogen and oxygen atoms in total. The van der Waals surface area contributed by atoms with Crippen molar-refractivity contribution < 1.29 is 8.94 Å². The Hall–Kier alpha value is -3.41. The van der Waals surface area contributed by atoms with E-state index in [4.69, 9.17) is 8.94 Å². The van der Waals surface area contributed by atoms with Gasteiger partial charge in [0.25, 0.3) is 11.8 Å². The number of pyridine rings is 1. The Bertz CT molecular complexity index is 901. The Morgan fingerprint density at radius 2 is 1.61 bits per heavy atom. The Labute approximate surface area is 131 Å². The maximum atomic E-state index is 5.77. The average molecular weight is 304 g/mol. The summed E-state index contributed by atoms with van der Waals surface area (Å²) < 4.78 is 11.0. The molecule has 0 bridgehead atoms. The summed E-state index contributed by atoms with van der Waals surface area (Å²) in [5.41, 5.74) is 1.82. The number of aromatic nitrogens is 3. The van der Waals surface area contributed by atoms with Gasteiger partial charge in [0.15, 0.2) is 5.76 Å². The lowest BCUT2D eigenvalue weighted by atomic mass is 10.2. The van der Waals surface area contributed by atoms with Crippen molar-refractivity contribution in [1.82, 2.24) is 15.1 Å². The fourth-order valence-electron chi connectivity index (χ4n) is 2.15. The molecule has 3 aromatic heterocycles. The summed E-state index contributed by atoms with van der Waals surface area (Å²) in [6, 6.07) is 17.0. The van der Waals surface area contributed by atoms with Gasteiger partial charge in [0, 0.05) is 23.6 Å². The minimum absolute atomic E-state index is 0.323.